The van der Waals surface area contributed by atoms with E-state index in [0.717, 1.165) is 24.0 Å². The van der Waals surface area contributed by atoms with Crippen LogP contribution in [-0.2, 0) is 6.42 Å². The maximum atomic E-state index is 8.56. The maximum Gasteiger partial charge on any atom is 0.101 e. The molecular formula is C8H10N2. The van der Waals surface area contributed by atoms with Gasteiger partial charge in [0.15, 0.2) is 0 Å². The van der Waals surface area contributed by atoms with E-state index in [0.29, 0.717) is 0 Å². The second kappa shape index (κ2) is 3.07. The predicted molar refractivity (Wildman–Crippen MR) is 39.5 cm³/mol. The third kappa shape index (κ3) is 1.19. The van der Waals surface area contributed by atoms with Gasteiger partial charge in [0.1, 0.15) is 6.07 Å². The van der Waals surface area contributed by atoms with E-state index in [2.05, 4.69) is 18.0 Å². The van der Waals surface area contributed by atoms with Crippen molar-refractivity contribution in [2.24, 2.45) is 0 Å². The minimum absolute atomic E-state index is 0.779. The molecule has 0 fully saturated rings. The fraction of sp³-hybridized carbons (Fsp3) is 0.375. The summed E-state index contributed by atoms with van der Waals surface area (Å²) in [7, 11) is 0. The summed E-state index contributed by atoms with van der Waals surface area (Å²) < 4.78 is 0. The van der Waals surface area contributed by atoms with Crippen molar-refractivity contribution in [2.45, 2.75) is 19.8 Å². The summed E-state index contributed by atoms with van der Waals surface area (Å²) in [6, 6.07) is 2.13. The number of H-pyrrole nitrogens is 1. The van der Waals surface area contributed by atoms with Crippen molar-refractivity contribution in [1.29, 1.82) is 5.26 Å². The number of nitriles is 1. The zero-order chi connectivity index (χ0) is 7.40. The van der Waals surface area contributed by atoms with E-state index in [4.69, 9.17) is 5.26 Å². The van der Waals surface area contributed by atoms with Crippen molar-refractivity contribution >= 4 is 0 Å². The monoisotopic (exact) mass is 134 g/mol. The van der Waals surface area contributed by atoms with E-state index >= 15 is 0 Å². The zero-order valence-corrected chi connectivity index (χ0v) is 6.02. The topological polar surface area (TPSA) is 39.6 Å². The summed E-state index contributed by atoms with van der Waals surface area (Å²) in [6.07, 6.45) is 5.71. The van der Waals surface area contributed by atoms with E-state index in [1.807, 2.05) is 6.20 Å². The molecule has 0 unspecified atom stereocenters. The molecule has 1 aromatic rings. The normalized spacial score (nSPS) is 9.20. The molecule has 0 saturated heterocycles. The summed E-state index contributed by atoms with van der Waals surface area (Å²) in [5.74, 6) is 0. The highest BCUT2D eigenvalue weighted by Gasteiger charge is 1.99. The molecule has 0 aliphatic rings. The summed E-state index contributed by atoms with van der Waals surface area (Å²) in [4.78, 5) is 2.91. The van der Waals surface area contributed by atoms with Crippen LogP contribution in [0.3, 0.4) is 0 Å². The van der Waals surface area contributed by atoms with Gasteiger partial charge in [0.2, 0.25) is 0 Å². The van der Waals surface area contributed by atoms with Crippen LogP contribution in [0.5, 0.6) is 0 Å². The summed E-state index contributed by atoms with van der Waals surface area (Å²) in [5.41, 5.74) is 1.91. The summed E-state index contributed by atoms with van der Waals surface area (Å²) in [5, 5.41) is 8.56. The first kappa shape index (κ1) is 6.88. The van der Waals surface area contributed by atoms with E-state index in [1.165, 1.54) is 0 Å². The number of aromatic amines is 1. The van der Waals surface area contributed by atoms with Crippen molar-refractivity contribution in [3.05, 3.63) is 23.5 Å². The van der Waals surface area contributed by atoms with Gasteiger partial charge in [0.25, 0.3) is 0 Å². The molecule has 0 atom stereocenters. The summed E-state index contributed by atoms with van der Waals surface area (Å²) >= 11 is 0. The lowest BCUT2D eigenvalue weighted by molar-refractivity contribution is 0.921. The van der Waals surface area contributed by atoms with Crippen LogP contribution < -0.4 is 0 Å². The van der Waals surface area contributed by atoms with Crippen LogP contribution in [0.4, 0.5) is 0 Å². The molecule has 0 radical (unpaired) electrons. The Morgan fingerprint density at radius 1 is 1.60 bits per heavy atom. The van der Waals surface area contributed by atoms with Crippen molar-refractivity contribution in [3.63, 3.8) is 0 Å². The number of hydrogen-bond donors (Lipinski definition) is 1. The number of hydrogen-bond acceptors (Lipinski definition) is 1. The van der Waals surface area contributed by atoms with Crippen molar-refractivity contribution in [1.82, 2.24) is 4.98 Å². The number of aromatic nitrogens is 1. The van der Waals surface area contributed by atoms with Gasteiger partial charge in [-0.3, -0.25) is 0 Å². The van der Waals surface area contributed by atoms with E-state index < -0.39 is 0 Å². The van der Waals surface area contributed by atoms with E-state index in [9.17, 15) is 0 Å². The first-order valence-electron chi connectivity index (χ1n) is 3.44. The Morgan fingerprint density at radius 3 is 3.00 bits per heavy atom. The lowest BCUT2D eigenvalue weighted by atomic mass is 10.1. The third-order valence-corrected chi connectivity index (χ3v) is 1.47. The minimum atomic E-state index is 0.779. The van der Waals surface area contributed by atoms with Crippen LogP contribution in [0.2, 0.25) is 0 Å². The molecule has 0 aliphatic heterocycles. The molecule has 1 rings (SSSR count). The molecule has 2 nitrogen and oxygen atoms in total. The molecule has 1 aromatic heterocycles. The number of rotatable bonds is 2. The molecule has 52 valence electrons. The molecule has 0 spiro atoms. The molecule has 10 heavy (non-hydrogen) atoms. The van der Waals surface area contributed by atoms with Crippen molar-refractivity contribution in [2.75, 3.05) is 0 Å². The lowest BCUT2D eigenvalue weighted by Crippen LogP contribution is -1.81. The molecule has 2 heteroatoms. The van der Waals surface area contributed by atoms with Crippen molar-refractivity contribution < 1.29 is 0 Å². The Bertz CT molecular complexity index is 242. The van der Waals surface area contributed by atoms with Crippen molar-refractivity contribution in [3.8, 4) is 6.07 Å². The van der Waals surface area contributed by atoms with Gasteiger partial charge in [-0.15, -0.1) is 0 Å². The molecule has 0 amide bonds. The SMILES string of the molecule is CCCc1c[nH]cc1C#N. The Labute approximate surface area is 60.5 Å². The molecule has 0 saturated carbocycles. The van der Waals surface area contributed by atoms with Crippen LogP contribution in [-0.4, -0.2) is 4.98 Å². The van der Waals surface area contributed by atoms with E-state index in [1.54, 1.807) is 6.20 Å². The predicted octanol–water partition coefficient (Wildman–Crippen LogP) is 1.84. The molecule has 0 aromatic carbocycles. The van der Waals surface area contributed by atoms with Crippen LogP contribution in [0, 0.1) is 11.3 Å². The third-order valence-electron chi connectivity index (χ3n) is 1.47. The molecule has 1 N–H and O–H groups in total. The van der Waals surface area contributed by atoms with Gasteiger partial charge >= 0.3 is 0 Å². The quantitative estimate of drug-likeness (QED) is 0.658. The Morgan fingerprint density at radius 2 is 2.40 bits per heavy atom. The molecule has 1 heterocycles. The van der Waals surface area contributed by atoms with Gasteiger partial charge in [-0.2, -0.15) is 5.26 Å². The second-order valence-electron chi connectivity index (χ2n) is 2.26. The van der Waals surface area contributed by atoms with Gasteiger partial charge in [-0.25, -0.2) is 0 Å². The highest BCUT2D eigenvalue weighted by atomic mass is 14.6. The fourth-order valence-corrected chi connectivity index (χ4v) is 0.976. The smallest absolute Gasteiger partial charge is 0.101 e. The number of nitrogens with one attached hydrogen (secondary N) is 1. The van der Waals surface area contributed by atoms with Crippen LogP contribution >= 0.6 is 0 Å². The average molecular weight is 134 g/mol. The van der Waals surface area contributed by atoms with Crippen LogP contribution in [0.25, 0.3) is 0 Å². The highest BCUT2D eigenvalue weighted by molar-refractivity contribution is 5.34. The van der Waals surface area contributed by atoms with Crippen LogP contribution in [0.1, 0.15) is 24.5 Å². The zero-order valence-electron chi connectivity index (χ0n) is 6.02. The maximum absolute atomic E-state index is 8.56. The number of aryl methyl sites for hydroxylation is 1. The molecular weight excluding hydrogens is 124 g/mol. The molecule has 0 aliphatic carbocycles. The highest BCUT2D eigenvalue weighted by Crippen LogP contribution is 2.07. The second-order valence-corrected chi connectivity index (χ2v) is 2.26. The first-order valence-corrected chi connectivity index (χ1v) is 3.44. The van der Waals surface area contributed by atoms with Crippen LogP contribution in [0.15, 0.2) is 12.4 Å². The van der Waals surface area contributed by atoms with Gasteiger partial charge in [0, 0.05) is 12.4 Å². The van der Waals surface area contributed by atoms with Gasteiger partial charge < -0.3 is 4.98 Å². The number of nitrogens with zero attached hydrogens (tertiary/aromatic N) is 1. The average Bonchev–Trinajstić information content (AvgIpc) is 2.36. The standard InChI is InChI=1S/C8H10N2/c1-2-3-7-5-10-6-8(7)4-9/h5-6,10H,2-3H2,1H3. The lowest BCUT2D eigenvalue weighted by Gasteiger charge is -1.90. The van der Waals surface area contributed by atoms with Gasteiger partial charge in [-0.1, -0.05) is 13.3 Å². The first-order chi connectivity index (χ1) is 4.88. The van der Waals surface area contributed by atoms with Gasteiger partial charge in [-0.05, 0) is 12.0 Å². The minimum Gasteiger partial charge on any atom is -0.366 e. The largest absolute Gasteiger partial charge is 0.366 e. The Balaban J connectivity index is 2.82. The summed E-state index contributed by atoms with van der Waals surface area (Å²) in [6.45, 7) is 2.11. The fourth-order valence-electron chi connectivity index (χ4n) is 0.976. The Kier molecular flexibility index (Phi) is 2.11. The molecule has 0 bridgehead atoms. The van der Waals surface area contributed by atoms with E-state index in [-0.39, 0.29) is 0 Å². The van der Waals surface area contributed by atoms with Gasteiger partial charge in [0.05, 0.1) is 5.56 Å². The Hall–Kier alpha value is -1.23.